The van der Waals surface area contributed by atoms with E-state index in [0.29, 0.717) is 11.3 Å². The third kappa shape index (κ3) is 4.03. The maximum absolute atomic E-state index is 5.80. The van der Waals surface area contributed by atoms with Gasteiger partial charge in [-0.05, 0) is 124 Å². The third-order valence-corrected chi connectivity index (χ3v) is 10.5. The summed E-state index contributed by atoms with van der Waals surface area (Å²) in [6.45, 7) is 12.3. The summed E-state index contributed by atoms with van der Waals surface area (Å²) in [5, 5.41) is 6.38. The van der Waals surface area contributed by atoms with Crippen molar-refractivity contribution in [1.29, 1.82) is 0 Å². The van der Waals surface area contributed by atoms with Crippen molar-refractivity contribution in [3.8, 4) is 0 Å². The molecule has 0 aromatic heterocycles. The minimum atomic E-state index is 0.551. The van der Waals surface area contributed by atoms with E-state index in [1.54, 1.807) is 0 Å². The van der Waals surface area contributed by atoms with Gasteiger partial charge in [0, 0.05) is 19.8 Å². The molecule has 4 fully saturated rings. The summed E-state index contributed by atoms with van der Waals surface area (Å²) in [4.78, 5) is 0. The molecule has 4 aliphatic carbocycles. The fourth-order valence-corrected chi connectivity index (χ4v) is 9.24. The Labute approximate surface area is 190 Å². The number of hydrazine groups is 2. The fraction of sp³-hybridized carbons (Fsp3) is 0.962. The maximum Gasteiger partial charge on any atom is 0.136 e. The average molecular weight is 431 g/mol. The fourth-order valence-electron chi connectivity index (χ4n) is 9.24. The van der Waals surface area contributed by atoms with Crippen LogP contribution in [0.3, 0.4) is 0 Å². The van der Waals surface area contributed by atoms with Crippen molar-refractivity contribution in [1.82, 2.24) is 16.1 Å². The first-order chi connectivity index (χ1) is 15.0. The van der Waals surface area contributed by atoms with Crippen molar-refractivity contribution in [3.05, 3.63) is 0 Å². The Bertz CT molecular complexity index is 668. The zero-order valence-corrected chi connectivity index (χ0v) is 20.4. The molecule has 4 unspecified atom stereocenters. The minimum Gasteiger partial charge on any atom is -0.381 e. The summed E-state index contributed by atoms with van der Waals surface area (Å²) in [5.41, 5.74) is 7.04. The molecular formula is C26H46N4O. The standard InChI is InChI=1S/C26H46N4O/c1-5-31-16-19-6-8-21-20(14-19)7-9-23-22(21)12-13-26(4)24(10-11-25(23)26)17(2)15-30-28-18(3)27-29-30/h17,19-25,29H,5-16H2,1-4H3,(H,27,28)/t17-,19+,20?,21+,22?,23-,24?,25?,26-/m1/s1. The Morgan fingerprint density at radius 1 is 1.10 bits per heavy atom. The maximum atomic E-state index is 5.80. The molecule has 5 nitrogen and oxygen atoms in total. The molecule has 2 N–H and O–H groups in total. The molecule has 0 aromatic carbocycles. The largest absolute Gasteiger partial charge is 0.381 e. The third-order valence-electron chi connectivity index (χ3n) is 10.5. The molecule has 176 valence electrons. The van der Waals surface area contributed by atoms with Gasteiger partial charge in [0.15, 0.2) is 0 Å². The van der Waals surface area contributed by atoms with Gasteiger partial charge in [0.05, 0.1) is 0 Å². The number of hydrogen-bond donors (Lipinski definition) is 2. The Hall–Kier alpha value is -0.810. The number of amidine groups is 1. The van der Waals surface area contributed by atoms with E-state index in [0.717, 1.165) is 67.0 Å². The van der Waals surface area contributed by atoms with Crippen LogP contribution in [0.4, 0.5) is 0 Å². The molecule has 1 heterocycles. The van der Waals surface area contributed by atoms with Crippen LogP contribution in [-0.4, -0.2) is 30.7 Å². The van der Waals surface area contributed by atoms with Crippen LogP contribution in [0.25, 0.3) is 0 Å². The van der Waals surface area contributed by atoms with Crippen LogP contribution in [0.5, 0.6) is 0 Å². The van der Waals surface area contributed by atoms with Crippen LogP contribution >= 0.6 is 0 Å². The number of nitrogens with zero attached hydrogens (tertiary/aromatic N) is 2. The molecule has 0 saturated heterocycles. The highest BCUT2D eigenvalue weighted by Gasteiger charge is 2.57. The highest BCUT2D eigenvalue weighted by Crippen LogP contribution is 2.65. The lowest BCUT2D eigenvalue weighted by molar-refractivity contribution is -0.0798. The van der Waals surface area contributed by atoms with Gasteiger partial charge in [0.25, 0.3) is 0 Å². The van der Waals surface area contributed by atoms with E-state index in [1.807, 2.05) is 6.92 Å². The van der Waals surface area contributed by atoms with Gasteiger partial charge in [0.2, 0.25) is 0 Å². The summed E-state index contributed by atoms with van der Waals surface area (Å²) in [7, 11) is 0. The van der Waals surface area contributed by atoms with Crippen molar-refractivity contribution in [2.24, 2.45) is 57.9 Å². The number of ether oxygens (including phenoxy) is 1. The normalized spacial score (nSPS) is 45.7. The second-order valence-corrected chi connectivity index (χ2v) is 12.0. The molecular weight excluding hydrogens is 384 g/mol. The second kappa shape index (κ2) is 8.85. The number of fused-ring (bicyclic) bond motifs is 5. The van der Waals surface area contributed by atoms with Crippen molar-refractivity contribution >= 4 is 5.84 Å². The Morgan fingerprint density at radius 3 is 2.71 bits per heavy atom. The van der Waals surface area contributed by atoms with E-state index in [-0.39, 0.29) is 0 Å². The van der Waals surface area contributed by atoms with E-state index in [9.17, 15) is 0 Å². The summed E-state index contributed by atoms with van der Waals surface area (Å²) in [6.07, 6.45) is 13.2. The summed E-state index contributed by atoms with van der Waals surface area (Å²) >= 11 is 0. The molecule has 4 saturated carbocycles. The van der Waals surface area contributed by atoms with Gasteiger partial charge in [0.1, 0.15) is 5.84 Å². The van der Waals surface area contributed by atoms with Gasteiger partial charge in [-0.3, -0.25) is 5.43 Å². The zero-order chi connectivity index (χ0) is 21.6. The highest BCUT2D eigenvalue weighted by molar-refractivity contribution is 5.79. The van der Waals surface area contributed by atoms with Gasteiger partial charge in [-0.15, -0.1) is 10.2 Å². The molecule has 5 rings (SSSR count). The van der Waals surface area contributed by atoms with Crippen LogP contribution in [0.1, 0.15) is 85.5 Å². The van der Waals surface area contributed by atoms with E-state index < -0.39 is 0 Å². The molecule has 1 aliphatic heterocycles. The Kier molecular flexibility index (Phi) is 6.28. The number of nitrogens with one attached hydrogen (secondary N) is 2. The molecule has 0 spiro atoms. The van der Waals surface area contributed by atoms with Gasteiger partial charge in [-0.1, -0.05) is 13.8 Å². The predicted molar refractivity (Wildman–Crippen MR) is 126 cm³/mol. The minimum absolute atomic E-state index is 0.551. The molecule has 31 heavy (non-hydrogen) atoms. The topological polar surface area (TPSA) is 48.9 Å². The summed E-state index contributed by atoms with van der Waals surface area (Å²) < 4.78 is 5.80. The molecule has 0 aromatic rings. The van der Waals surface area contributed by atoms with E-state index in [1.165, 1.54) is 57.8 Å². The Balaban J connectivity index is 1.22. The SMILES string of the molecule is CCOC[C@H]1CC[C@H]2C(CC[C@@H]3C2CC[C@@]2(C)C3CCC2[C@H](C)CN2NN=C(C)N2)C1. The average Bonchev–Trinajstić information content (AvgIpc) is 3.33. The Morgan fingerprint density at radius 2 is 1.94 bits per heavy atom. The molecule has 0 amide bonds. The number of rotatable bonds is 6. The zero-order valence-electron chi connectivity index (χ0n) is 20.4. The predicted octanol–water partition coefficient (Wildman–Crippen LogP) is 5.20. The summed E-state index contributed by atoms with van der Waals surface area (Å²) in [5.74, 6) is 8.37. The van der Waals surface area contributed by atoms with E-state index in [4.69, 9.17) is 4.74 Å². The lowest BCUT2D eigenvalue weighted by Gasteiger charge is -2.57. The van der Waals surface area contributed by atoms with Crippen LogP contribution in [0.15, 0.2) is 5.10 Å². The van der Waals surface area contributed by atoms with E-state index in [2.05, 4.69) is 42.0 Å². The highest BCUT2D eigenvalue weighted by atomic mass is 16.5. The van der Waals surface area contributed by atoms with Crippen LogP contribution in [0.2, 0.25) is 0 Å². The lowest BCUT2D eigenvalue weighted by atomic mass is 9.49. The molecule has 0 bridgehead atoms. The van der Waals surface area contributed by atoms with Crippen molar-refractivity contribution < 1.29 is 4.74 Å². The van der Waals surface area contributed by atoms with E-state index >= 15 is 0 Å². The van der Waals surface area contributed by atoms with Crippen molar-refractivity contribution in [2.75, 3.05) is 19.8 Å². The number of hydrazone groups is 1. The first-order valence-corrected chi connectivity index (χ1v) is 13.4. The molecule has 0 radical (unpaired) electrons. The number of hydrogen-bond acceptors (Lipinski definition) is 5. The van der Waals surface area contributed by atoms with Gasteiger partial charge < -0.3 is 4.74 Å². The summed E-state index contributed by atoms with van der Waals surface area (Å²) in [6, 6.07) is 0. The molecule has 5 aliphatic rings. The van der Waals surface area contributed by atoms with Crippen LogP contribution < -0.4 is 11.0 Å². The molecule has 5 heteroatoms. The first kappa shape index (κ1) is 22.0. The first-order valence-electron chi connectivity index (χ1n) is 13.4. The van der Waals surface area contributed by atoms with Crippen molar-refractivity contribution in [3.63, 3.8) is 0 Å². The van der Waals surface area contributed by atoms with Gasteiger partial charge in [-0.25, -0.2) is 5.53 Å². The lowest BCUT2D eigenvalue weighted by Crippen LogP contribution is -2.50. The molecule has 9 atom stereocenters. The van der Waals surface area contributed by atoms with Gasteiger partial charge in [-0.2, -0.15) is 0 Å². The van der Waals surface area contributed by atoms with Crippen LogP contribution in [-0.2, 0) is 4.74 Å². The quantitative estimate of drug-likeness (QED) is 0.608. The monoisotopic (exact) mass is 430 g/mol. The van der Waals surface area contributed by atoms with Gasteiger partial charge >= 0.3 is 0 Å². The smallest absolute Gasteiger partial charge is 0.136 e. The van der Waals surface area contributed by atoms with Crippen LogP contribution in [0, 0.1) is 52.8 Å². The van der Waals surface area contributed by atoms with Crippen molar-refractivity contribution in [2.45, 2.75) is 85.5 Å². The second-order valence-electron chi connectivity index (χ2n) is 12.0.